The molecule has 25 heavy (non-hydrogen) atoms. The highest BCUT2D eigenvalue weighted by Gasteiger charge is 2.34. The Bertz CT molecular complexity index is 688. The van der Waals surface area contributed by atoms with Crippen LogP contribution in [0.1, 0.15) is 33.1 Å². The van der Waals surface area contributed by atoms with E-state index in [1.807, 2.05) is 13.8 Å². The second-order valence-corrected chi connectivity index (χ2v) is 5.90. The first-order chi connectivity index (χ1) is 11.9. The highest BCUT2D eigenvalue weighted by Crippen LogP contribution is 2.43. The van der Waals surface area contributed by atoms with Gasteiger partial charge < -0.3 is 31.1 Å². The predicted octanol–water partition coefficient (Wildman–Crippen LogP) is 3.68. The molecule has 0 spiro atoms. The SMILES string of the molecule is CC/C(=C/C1=C(O)C(CC2=C(O)C(/C=C(/CC)NC)=C2O)=C1O)NC. The summed E-state index contributed by atoms with van der Waals surface area (Å²) >= 11 is 0. The minimum atomic E-state index is -0.0136. The number of rotatable bonds is 8. The van der Waals surface area contributed by atoms with Crippen molar-refractivity contribution in [1.29, 1.82) is 0 Å². The largest absolute Gasteiger partial charge is 0.507 e. The molecule has 0 atom stereocenters. The van der Waals surface area contributed by atoms with Gasteiger partial charge in [-0.05, 0) is 25.0 Å². The van der Waals surface area contributed by atoms with E-state index in [9.17, 15) is 20.4 Å². The first kappa shape index (κ1) is 18.6. The molecule has 0 saturated carbocycles. The van der Waals surface area contributed by atoms with Crippen molar-refractivity contribution in [3.05, 3.63) is 68.9 Å². The monoisotopic (exact) mass is 346 g/mol. The molecule has 2 aliphatic carbocycles. The molecule has 0 heterocycles. The van der Waals surface area contributed by atoms with Gasteiger partial charge in [0.1, 0.15) is 23.0 Å². The average Bonchev–Trinajstić information content (AvgIpc) is 2.63. The molecule has 0 aromatic carbocycles. The van der Waals surface area contributed by atoms with Gasteiger partial charge in [-0.25, -0.2) is 0 Å². The van der Waals surface area contributed by atoms with Crippen molar-refractivity contribution >= 4 is 0 Å². The Hall–Kier alpha value is -2.76. The number of allylic oxidation sites excluding steroid dienone is 6. The van der Waals surface area contributed by atoms with Crippen molar-refractivity contribution < 1.29 is 20.4 Å². The highest BCUT2D eigenvalue weighted by atomic mass is 16.3. The fraction of sp³-hybridized carbons (Fsp3) is 0.368. The van der Waals surface area contributed by atoms with E-state index in [0.717, 1.165) is 24.2 Å². The normalized spacial score (nSPS) is 18.6. The summed E-state index contributed by atoms with van der Waals surface area (Å²) in [4.78, 5) is 0. The smallest absolute Gasteiger partial charge is 0.133 e. The van der Waals surface area contributed by atoms with E-state index < -0.39 is 0 Å². The fourth-order valence-electron chi connectivity index (χ4n) is 2.81. The van der Waals surface area contributed by atoms with Crippen molar-refractivity contribution in [3.63, 3.8) is 0 Å². The molecule has 2 aliphatic rings. The van der Waals surface area contributed by atoms with Gasteiger partial charge in [-0.2, -0.15) is 0 Å². The summed E-state index contributed by atoms with van der Waals surface area (Å²) in [5.41, 5.74) is 3.14. The molecule has 0 fully saturated rings. The minimum Gasteiger partial charge on any atom is -0.507 e. The third-order valence-corrected chi connectivity index (χ3v) is 4.56. The van der Waals surface area contributed by atoms with E-state index in [1.54, 1.807) is 26.2 Å². The van der Waals surface area contributed by atoms with Crippen LogP contribution < -0.4 is 10.6 Å². The number of aliphatic hydroxyl groups is 4. The first-order valence-electron chi connectivity index (χ1n) is 8.38. The number of hydrogen-bond donors (Lipinski definition) is 6. The Morgan fingerprint density at radius 1 is 0.720 bits per heavy atom. The molecule has 6 heteroatoms. The third kappa shape index (κ3) is 3.24. The number of hydrogen-bond acceptors (Lipinski definition) is 6. The highest BCUT2D eigenvalue weighted by molar-refractivity contribution is 5.65. The van der Waals surface area contributed by atoms with Crippen molar-refractivity contribution in [2.45, 2.75) is 33.1 Å². The summed E-state index contributed by atoms with van der Waals surface area (Å²) in [5, 5.41) is 46.7. The van der Waals surface area contributed by atoms with Gasteiger partial charge in [-0.3, -0.25) is 0 Å². The molecule has 0 unspecified atom stereocenters. The van der Waals surface area contributed by atoms with Crippen LogP contribution in [0.3, 0.4) is 0 Å². The van der Waals surface area contributed by atoms with E-state index in [2.05, 4.69) is 10.6 Å². The molecule has 0 aliphatic heterocycles. The minimum absolute atomic E-state index is 0.0136. The van der Waals surface area contributed by atoms with Gasteiger partial charge in [0.05, 0.1) is 11.1 Å². The van der Waals surface area contributed by atoms with Crippen LogP contribution in [-0.4, -0.2) is 34.5 Å². The van der Waals surface area contributed by atoms with E-state index in [-0.39, 0.29) is 29.5 Å². The zero-order chi connectivity index (χ0) is 18.7. The standard InChI is InChI=1S/C19H26N2O4/c1-5-10(20-3)7-12-16(22)14(17(12)23)9-15-18(24)13(19(15)25)8-11(6-2)21-4/h7-8,20-25H,5-6,9H2,1-4H3/b10-7-,11-8-. The Morgan fingerprint density at radius 2 is 1.08 bits per heavy atom. The maximum Gasteiger partial charge on any atom is 0.133 e. The molecule has 2 rings (SSSR count). The average molecular weight is 346 g/mol. The predicted molar refractivity (Wildman–Crippen MR) is 98.1 cm³/mol. The molecule has 6 N–H and O–H groups in total. The van der Waals surface area contributed by atoms with E-state index in [4.69, 9.17) is 0 Å². The number of nitrogens with one attached hydrogen (secondary N) is 2. The summed E-state index contributed by atoms with van der Waals surface area (Å²) in [5.74, 6) is -0.0546. The maximum absolute atomic E-state index is 10.2. The molecule has 0 aromatic heterocycles. The van der Waals surface area contributed by atoms with Gasteiger partial charge in [0, 0.05) is 43.1 Å². The maximum atomic E-state index is 10.2. The summed E-state index contributed by atoms with van der Waals surface area (Å²) in [7, 11) is 3.55. The first-order valence-corrected chi connectivity index (χ1v) is 8.38. The van der Waals surface area contributed by atoms with Gasteiger partial charge >= 0.3 is 0 Å². The van der Waals surface area contributed by atoms with Crippen LogP contribution >= 0.6 is 0 Å². The van der Waals surface area contributed by atoms with Crippen molar-refractivity contribution in [2.75, 3.05) is 14.1 Å². The lowest BCUT2D eigenvalue weighted by Gasteiger charge is -2.27. The van der Waals surface area contributed by atoms with E-state index >= 15 is 0 Å². The second-order valence-electron chi connectivity index (χ2n) is 5.90. The summed E-state index contributed by atoms with van der Waals surface area (Å²) in [6.07, 6.45) is 4.94. The van der Waals surface area contributed by atoms with Gasteiger partial charge in [0.2, 0.25) is 0 Å². The summed E-state index contributed by atoms with van der Waals surface area (Å²) in [6.45, 7) is 3.93. The van der Waals surface area contributed by atoms with Crippen LogP contribution in [-0.2, 0) is 0 Å². The van der Waals surface area contributed by atoms with Gasteiger partial charge in [-0.1, -0.05) is 13.8 Å². The zero-order valence-electron chi connectivity index (χ0n) is 15.1. The fourth-order valence-corrected chi connectivity index (χ4v) is 2.81. The van der Waals surface area contributed by atoms with Crippen molar-refractivity contribution in [3.8, 4) is 0 Å². The van der Waals surface area contributed by atoms with Crippen LogP contribution in [0, 0.1) is 0 Å². The molecule has 0 bridgehead atoms. The quantitative estimate of drug-likeness (QED) is 0.401. The van der Waals surface area contributed by atoms with E-state index in [0.29, 0.717) is 22.3 Å². The molecule has 0 aromatic rings. The van der Waals surface area contributed by atoms with Crippen molar-refractivity contribution in [1.82, 2.24) is 10.6 Å². The molecular formula is C19H26N2O4. The zero-order valence-corrected chi connectivity index (χ0v) is 15.1. The Morgan fingerprint density at radius 3 is 1.32 bits per heavy atom. The van der Waals surface area contributed by atoms with Gasteiger partial charge in [-0.15, -0.1) is 0 Å². The van der Waals surface area contributed by atoms with Crippen molar-refractivity contribution in [2.24, 2.45) is 0 Å². The lowest BCUT2D eigenvalue weighted by Crippen LogP contribution is -2.18. The van der Waals surface area contributed by atoms with Crippen LogP contribution in [0.4, 0.5) is 0 Å². The Kier molecular flexibility index (Phi) is 5.51. The molecule has 6 nitrogen and oxygen atoms in total. The molecular weight excluding hydrogens is 320 g/mol. The van der Waals surface area contributed by atoms with Gasteiger partial charge in [0.15, 0.2) is 0 Å². The summed E-state index contributed by atoms with van der Waals surface area (Å²) in [6, 6.07) is 0. The molecule has 0 saturated heterocycles. The van der Waals surface area contributed by atoms with Crippen LogP contribution in [0.15, 0.2) is 68.9 Å². The van der Waals surface area contributed by atoms with Crippen LogP contribution in [0.2, 0.25) is 0 Å². The second kappa shape index (κ2) is 7.42. The lowest BCUT2D eigenvalue weighted by molar-refractivity contribution is 0.332. The molecule has 0 amide bonds. The molecule has 0 radical (unpaired) electrons. The number of aliphatic hydroxyl groups excluding tert-OH is 4. The van der Waals surface area contributed by atoms with Gasteiger partial charge in [0.25, 0.3) is 0 Å². The summed E-state index contributed by atoms with van der Waals surface area (Å²) < 4.78 is 0. The van der Waals surface area contributed by atoms with E-state index in [1.165, 1.54) is 0 Å². The van der Waals surface area contributed by atoms with Crippen LogP contribution in [0.5, 0.6) is 0 Å². The lowest BCUT2D eigenvalue weighted by atomic mass is 9.82. The third-order valence-electron chi connectivity index (χ3n) is 4.56. The Balaban J connectivity index is 2.15. The topological polar surface area (TPSA) is 105 Å². The molecule has 136 valence electrons. The Labute approximate surface area is 147 Å². The van der Waals surface area contributed by atoms with Crippen LogP contribution in [0.25, 0.3) is 0 Å².